The van der Waals surface area contributed by atoms with E-state index in [1.54, 1.807) is 6.20 Å². The molecule has 0 fully saturated rings. The van der Waals surface area contributed by atoms with E-state index in [2.05, 4.69) is 4.98 Å². The summed E-state index contributed by atoms with van der Waals surface area (Å²) in [6.07, 6.45) is 1.68. The second-order valence-electron chi connectivity index (χ2n) is 4.43. The summed E-state index contributed by atoms with van der Waals surface area (Å²) < 4.78 is 5.34. The molecule has 0 aliphatic heterocycles. The van der Waals surface area contributed by atoms with Crippen LogP contribution in [0, 0.1) is 0 Å². The predicted octanol–water partition coefficient (Wildman–Crippen LogP) is 4.17. The molecule has 0 saturated heterocycles. The Morgan fingerprint density at radius 2 is 1.86 bits per heavy atom. The zero-order chi connectivity index (χ0) is 14.5. The minimum Gasteiger partial charge on any atom is -0.455 e. The Morgan fingerprint density at radius 1 is 1.05 bits per heavy atom. The third-order valence-corrected chi connectivity index (χ3v) is 3.91. The molecule has 0 unspecified atom stereocenters. The van der Waals surface area contributed by atoms with Crippen molar-refractivity contribution < 1.29 is 9.53 Å². The molecular formula is C17H13NO2S. The maximum Gasteiger partial charge on any atom is 0.349 e. The van der Waals surface area contributed by atoms with Gasteiger partial charge >= 0.3 is 5.97 Å². The lowest BCUT2D eigenvalue weighted by Crippen LogP contribution is -2.05. The Labute approximate surface area is 126 Å². The minimum absolute atomic E-state index is 0.186. The predicted molar refractivity (Wildman–Crippen MR) is 83.1 cm³/mol. The van der Waals surface area contributed by atoms with Crippen molar-refractivity contribution in [3.63, 3.8) is 0 Å². The minimum atomic E-state index is -0.311. The summed E-state index contributed by atoms with van der Waals surface area (Å²) in [5, 5.41) is 1.90. The molecule has 3 rings (SSSR count). The molecule has 0 aliphatic carbocycles. The Bertz CT molecular complexity index is 723. The fraction of sp³-hybridized carbons (Fsp3) is 0.0588. The maximum atomic E-state index is 12.2. The first kappa shape index (κ1) is 13.5. The normalized spacial score (nSPS) is 10.3. The van der Waals surface area contributed by atoms with Crippen molar-refractivity contribution in [3.05, 3.63) is 76.7 Å². The van der Waals surface area contributed by atoms with Crippen molar-refractivity contribution in [2.45, 2.75) is 6.61 Å². The molecule has 3 aromatic rings. The summed E-state index contributed by atoms with van der Waals surface area (Å²) in [6.45, 7) is 0.186. The van der Waals surface area contributed by atoms with Gasteiger partial charge < -0.3 is 4.74 Å². The van der Waals surface area contributed by atoms with Crippen molar-refractivity contribution in [2.24, 2.45) is 0 Å². The molecule has 0 atom stereocenters. The van der Waals surface area contributed by atoms with Crippen molar-refractivity contribution in [3.8, 4) is 11.1 Å². The number of carbonyl (C=O) groups is 1. The summed E-state index contributed by atoms with van der Waals surface area (Å²) in [5.74, 6) is -0.311. The van der Waals surface area contributed by atoms with E-state index in [1.807, 2.05) is 60.0 Å². The van der Waals surface area contributed by atoms with Crippen LogP contribution in [0.5, 0.6) is 0 Å². The van der Waals surface area contributed by atoms with Crippen molar-refractivity contribution in [1.82, 2.24) is 4.98 Å². The highest BCUT2D eigenvalue weighted by Gasteiger charge is 2.16. The fourth-order valence-electron chi connectivity index (χ4n) is 2.00. The van der Waals surface area contributed by atoms with Gasteiger partial charge in [0.05, 0.1) is 5.69 Å². The van der Waals surface area contributed by atoms with Crippen LogP contribution in [0.2, 0.25) is 0 Å². The molecule has 0 bridgehead atoms. The monoisotopic (exact) mass is 295 g/mol. The molecule has 0 N–H and O–H groups in total. The van der Waals surface area contributed by atoms with E-state index in [4.69, 9.17) is 4.74 Å². The number of hydrogen-bond acceptors (Lipinski definition) is 4. The van der Waals surface area contributed by atoms with Crippen molar-refractivity contribution in [1.29, 1.82) is 0 Å². The van der Waals surface area contributed by atoms with E-state index >= 15 is 0 Å². The lowest BCUT2D eigenvalue weighted by molar-refractivity contribution is 0.0474. The summed E-state index contributed by atoms with van der Waals surface area (Å²) in [5.41, 5.74) is 2.67. The zero-order valence-electron chi connectivity index (χ0n) is 11.2. The van der Waals surface area contributed by atoms with Gasteiger partial charge in [0.1, 0.15) is 11.5 Å². The quantitative estimate of drug-likeness (QED) is 0.678. The Kier molecular flexibility index (Phi) is 4.07. The van der Waals surface area contributed by atoms with Crippen LogP contribution in [0.15, 0.2) is 66.2 Å². The van der Waals surface area contributed by atoms with Crippen LogP contribution in [0.4, 0.5) is 0 Å². The average Bonchev–Trinajstić information content (AvgIpc) is 3.04. The SMILES string of the molecule is O=C(OCc1ccccn1)c1sccc1-c1ccccc1. The van der Waals surface area contributed by atoms with E-state index in [1.165, 1.54) is 11.3 Å². The van der Waals surface area contributed by atoms with Crippen LogP contribution in [-0.4, -0.2) is 11.0 Å². The highest BCUT2D eigenvalue weighted by atomic mass is 32.1. The second-order valence-corrected chi connectivity index (χ2v) is 5.34. The number of carbonyl (C=O) groups excluding carboxylic acids is 1. The molecular weight excluding hydrogens is 282 g/mol. The Hall–Kier alpha value is -2.46. The standard InChI is InChI=1S/C17H13NO2S/c19-17(20-12-14-8-4-5-10-18-14)16-15(9-11-21-16)13-6-2-1-3-7-13/h1-11H,12H2. The van der Waals surface area contributed by atoms with E-state index in [-0.39, 0.29) is 12.6 Å². The number of aromatic nitrogens is 1. The van der Waals surface area contributed by atoms with Crippen LogP contribution in [0.3, 0.4) is 0 Å². The Morgan fingerprint density at radius 3 is 2.62 bits per heavy atom. The van der Waals surface area contributed by atoms with Gasteiger partial charge in [-0.1, -0.05) is 36.4 Å². The van der Waals surface area contributed by atoms with Crippen LogP contribution >= 0.6 is 11.3 Å². The summed E-state index contributed by atoms with van der Waals surface area (Å²) >= 11 is 1.39. The van der Waals surface area contributed by atoms with Gasteiger partial charge in [-0.2, -0.15) is 0 Å². The highest BCUT2D eigenvalue weighted by molar-refractivity contribution is 7.12. The van der Waals surface area contributed by atoms with Gasteiger partial charge in [0, 0.05) is 11.8 Å². The van der Waals surface area contributed by atoms with Gasteiger partial charge in [0.15, 0.2) is 0 Å². The summed E-state index contributed by atoms with van der Waals surface area (Å²) in [6, 6.07) is 17.3. The van der Waals surface area contributed by atoms with Crippen LogP contribution in [0.1, 0.15) is 15.4 Å². The van der Waals surface area contributed by atoms with E-state index in [9.17, 15) is 4.79 Å². The number of pyridine rings is 1. The third kappa shape index (κ3) is 3.17. The molecule has 0 radical (unpaired) electrons. The molecule has 21 heavy (non-hydrogen) atoms. The van der Waals surface area contributed by atoms with Crippen LogP contribution in [0.25, 0.3) is 11.1 Å². The molecule has 0 saturated carbocycles. The first-order valence-corrected chi connectivity index (χ1v) is 7.42. The topological polar surface area (TPSA) is 39.2 Å². The van der Waals surface area contributed by atoms with Gasteiger partial charge in [-0.05, 0) is 29.1 Å². The largest absolute Gasteiger partial charge is 0.455 e. The number of thiophene rings is 1. The van der Waals surface area contributed by atoms with E-state index in [0.717, 1.165) is 16.8 Å². The molecule has 0 spiro atoms. The molecule has 2 aromatic heterocycles. The molecule has 4 heteroatoms. The highest BCUT2D eigenvalue weighted by Crippen LogP contribution is 2.28. The molecule has 0 amide bonds. The van der Waals surface area contributed by atoms with Crippen LogP contribution < -0.4 is 0 Å². The number of rotatable bonds is 4. The fourth-order valence-corrected chi connectivity index (χ4v) is 2.81. The zero-order valence-corrected chi connectivity index (χ0v) is 12.0. The molecule has 3 nitrogen and oxygen atoms in total. The second kappa shape index (κ2) is 6.33. The van der Waals surface area contributed by atoms with E-state index < -0.39 is 0 Å². The van der Waals surface area contributed by atoms with Gasteiger partial charge in [-0.25, -0.2) is 4.79 Å². The maximum absolute atomic E-state index is 12.2. The van der Waals surface area contributed by atoms with Crippen LogP contribution in [-0.2, 0) is 11.3 Å². The van der Waals surface area contributed by atoms with Gasteiger partial charge in [-0.15, -0.1) is 11.3 Å². The Balaban J connectivity index is 1.76. The molecule has 1 aromatic carbocycles. The third-order valence-electron chi connectivity index (χ3n) is 3.01. The number of hydrogen-bond donors (Lipinski definition) is 0. The van der Waals surface area contributed by atoms with Crippen molar-refractivity contribution in [2.75, 3.05) is 0 Å². The summed E-state index contributed by atoms with van der Waals surface area (Å²) in [4.78, 5) is 17.0. The average molecular weight is 295 g/mol. The molecule has 0 aliphatic rings. The summed E-state index contributed by atoms with van der Waals surface area (Å²) in [7, 11) is 0. The first-order valence-electron chi connectivity index (χ1n) is 6.54. The number of esters is 1. The molecule has 2 heterocycles. The van der Waals surface area contributed by atoms with Crippen molar-refractivity contribution >= 4 is 17.3 Å². The van der Waals surface area contributed by atoms with Gasteiger partial charge in [0.2, 0.25) is 0 Å². The lowest BCUT2D eigenvalue weighted by atomic mass is 10.1. The lowest BCUT2D eigenvalue weighted by Gasteiger charge is -2.05. The molecule has 104 valence electrons. The number of nitrogens with zero attached hydrogens (tertiary/aromatic N) is 1. The smallest absolute Gasteiger partial charge is 0.349 e. The number of benzene rings is 1. The van der Waals surface area contributed by atoms with Gasteiger partial charge in [-0.3, -0.25) is 4.98 Å². The number of ether oxygens (including phenoxy) is 1. The van der Waals surface area contributed by atoms with Gasteiger partial charge in [0.25, 0.3) is 0 Å². The van der Waals surface area contributed by atoms with E-state index in [0.29, 0.717) is 4.88 Å². The first-order chi connectivity index (χ1) is 10.3.